The fraction of sp³-hybridized carbons (Fsp3) is 0.591. The van der Waals surface area contributed by atoms with E-state index in [9.17, 15) is 27.4 Å². The van der Waals surface area contributed by atoms with Crippen LogP contribution in [0.4, 0.5) is 5.13 Å². The second kappa shape index (κ2) is 10.8. The zero-order chi connectivity index (χ0) is 29.5. The summed E-state index contributed by atoms with van der Waals surface area (Å²) in [6.07, 6.45) is 3.81. The van der Waals surface area contributed by atoms with Gasteiger partial charge >= 0.3 is 10.3 Å². The fourth-order valence-corrected chi connectivity index (χ4v) is 5.90. The predicted molar refractivity (Wildman–Crippen MR) is 142 cm³/mol. The predicted octanol–water partition coefficient (Wildman–Crippen LogP) is -0.656. The number of oxime groups is 1. The first-order chi connectivity index (χ1) is 18.6. The number of nitrogens with one attached hydrogen (secondary N) is 1. The average molecular weight is 599 g/mol. The molecule has 2 atom stereocenters. The lowest BCUT2D eigenvalue weighted by Crippen LogP contribution is -2.73. The van der Waals surface area contributed by atoms with Crippen molar-refractivity contribution >= 4 is 50.1 Å². The van der Waals surface area contributed by atoms with E-state index < -0.39 is 39.8 Å². The highest BCUT2D eigenvalue weighted by Crippen LogP contribution is 2.26. The van der Waals surface area contributed by atoms with Gasteiger partial charge in [-0.05, 0) is 20.8 Å². The van der Waals surface area contributed by atoms with Gasteiger partial charge in [0.05, 0.1) is 32.9 Å². The van der Waals surface area contributed by atoms with Gasteiger partial charge in [0.2, 0.25) is 0 Å². The first-order valence-electron chi connectivity index (χ1n) is 12.4. The van der Waals surface area contributed by atoms with Crippen LogP contribution in [0.2, 0.25) is 0 Å². The van der Waals surface area contributed by atoms with Gasteiger partial charge in [-0.25, -0.2) is 9.29 Å². The number of thiazole rings is 1. The molecule has 4 rings (SSSR count). The van der Waals surface area contributed by atoms with Crippen LogP contribution in [0.5, 0.6) is 0 Å². The van der Waals surface area contributed by atoms with Crippen LogP contribution in [-0.4, -0.2) is 103 Å². The van der Waals surface area contributed by atoms with Crippen LogP contribution < -0.4 is 11.1 Å². The number of aromatic nitrogens is 4. The minimum atomic E-state index is -4.94. The summed E-state index contributed by atoms with van der Waals surface area (Å²) < 4.78 is 34.7. The van der Waals surface area contributed by atoms with Gasteiger partial charge in [0.25, 0.3) is 11.8 Å². The summed E-state index contributed by atoms with van der Waals surface area (Å²) in [5.41, 5.74) is 4.64. The summed E-state index contributed by atoms with van der Waals surface area (Å²) in [6, 6.07) is -2.62. The molecule has 2 aliphatic rings. The van der Waals surface area contributed by atoms with Gasteiger partial charge in [0, 0.05) is 18.2 Å². The number of hydrogen-bond acceptors (Lipinski definition) is 12. The van der Waals surface area contributed by atoms with Crippen molar-refractivity contribution in [3.05, 3.63) is 23.0 Å². The van der Waals surface area contributed by atoms with Crippen LogP contribution in [0, 0.1) is 0 Å². The lowest BCUT2D eigenvalue weighted by molar-refractivity contribution is -0.911. The van der Waals surface area contributed by atoms with Crippen LogP contribution in [0.3, 0.4) is 0 Å². The SMILES string of the molecule is CC(=O)C(C)(C)ON=C(C(=O)NC1C(=O)N(S(=O)(=O)O)C1Cn1ncc(C[N+]2(C)CCCC2)n1)c1csc(N)n1. The average Bonchev–Trinajstić information content (AvgIpc) is 3.58. The third kappa shape index (κ3) is 6.29. The Hall–Kier alpha value is -3.48. The molecule has 16 nitrogen and oxygen atoms in total. The highest BCUT2D eigenvalue weighted by Gasteiger charge is 2.54. The molecule has 2 unspecified atom stereocenters. The standard InChI is InChI=1S/C22H31N9O7S2/c1-13(32)22(2,3)38-28-17(15-12-39-21(23)25-15)19(33)26-18-16(30(20(18)34)40(35,36)37)10-29-24-9-14(27-29)11-31(4)7-5-6-8-31/h9,12,16,18H,5-8,10-11H2,1-4H3,(H3-,23,25,26,33,35,36,37)/p+1. The molecule has 40 heavy (non-hydrogen) atoms. The Kier molecular flexibility index (Phi) is 7.99. The molecular formula is C22H32N9O7S2+. The summed E-state index contributed by atoms with van der Waals surface area (Å²) in [5, 5.41) is 16.4. The van der Waals surface area contributed by atoms with Crippen molar-refractivity contribution in [2.45, 2.75) is 64.4 Å². The van der Waals surface area contributed by atoms with Gasteiger partial charge in [0.1, 0.15) is 30.0 Å². The van der Waals surface area contributed by atoms with Gasteiger partial charge in [-0.2, -0.15) is 23.4 Å². The van der Waals surface area contributed by atoms with Gasteiger partial charge in [-0.3, -0.25) is 18.9 Å². The third-order valence-corrected chi connectivity index (χ3v) is 8.64. The highest BCUT2D eigenvalue weighted by atomic mass is 32.2. The fourth-order valence-electron chi connectivity index (χ4n) is 4.48. The number of carbonyl (C=O) groups excluding carboxylic acids is 3. The minimum Gasteiger partial charge on any atom is -0.381 e. The number of nitrogens with two attached hydrogens (primary N) is 1. The van der Waals surface area contributed by atoms with E-state index in [1.165, 1.54) is 30.9 Å². The molecule has 0 spiro atoms. The zero-order valence-corrected chi connectivity index (χ0v) is 24.1. The number of likely N-dealkylation sites (tertiary alicyclic amines) is 1. The normalized spacial score (nSPS) is 21.3. The molecule has 218 valence electrons. The smallest absolute Gasteiger partial charge is 0.362 e. The number of nitrogens with zero attached hydrogens (tertiary/aromatic N) is 7. The maximum atomic E-state index is 13.3. The number of carbonyl (C=O) groups is 3. The molecule has 0 aliphatic carbocycles. The van der Waals surface area contributed by atoms with Crippen molar-refractivity contribution in [3.63, 3.8) is 0 Å². The Morgan fingerprint density at radius 2 is 2.02 bits per heavy atom. The van der Waals surface area contributed by atoms with E-state index in [2.05, 4.69) is 32.7 Å². The van der Waals surface area contributed by atoms with Crippen LogP contribution in [0.15, 0.2) is 16.7 Å². The molecule has 2 amide bonds. The number of ketones is 1. The third-order valence-electron chi connectivity index (χ3n) is 7.02. The molecular weight excluding hydrogens is 566 g/mol. The summed E-state index contributed by atoms with van der Waals surface area (Å²) in [6.45, 7) is 6.63. The number of quaternary nitrogens is 1. The van der Waals surface area contributed by atoms with Crippen molar-refractivity contribution in [1.82, 2.24) is 29.6 Å². The van der Waals surface area contributed by atoms with Crippen molar-refractivity contribution < 1.29 is 36.7 Å². The molecule has 0 saturated carbocycles. The molecule has 18 heteroatoms. The Balaban J connectivity index is 1.55. The number of rotatable bonds is 11. The summed E-state index contributed by atoms with van der Waals surface area (Å²) in [4.78, 5) is 48.4. The van der Waals surface area contributed by atoms with Crippen LogP contribution in [0.1, 0.15) is 45.0 Å². The van der Waals surface area contributed by atoms with Crippen LogP contribution in [0.25, 0.3) is 0 Å². The van der Waals surface area contributed by atoms with Crippen molar-refractivity contribution in [1.29, 1.82) is 0 Å². The maximum absolute atomic E-state index is 13.3. The van der Waals surface area contributed by atoms with Gasteiger partial charge in [0.15, 0.2) is 22.2 Å². The topological polar surface area (TPSA) is 212 Å². The first-order valence-corrected chi connectivity index (χ1v) is 14.7. The molecule has 0 radical (unpaired) electrons. The quantitative estimate of drug-likeness (QED) is 0.0971. The molecule has 2 saturated heterocycles. The lowest BCUT2D eigenvalue weighted by Gasteiger charge is -2.43. The molecule has 0 bridgehead atoms. The molecule has 4 N–H and O–H groups in total. The van der Waals surface area contributed by atoms with Crippen molar-refractivity contribution in [2.75, 3.05) is 25.9 Å². The molecule has 2 aromatic rings. The van der Waals surface area contributed by atoms with Gasteiger partial charge in [-0.1, -0.05) is 5.16 Å². The number of amides is 2. The lowest BCUT2D eigenvalue weighted by atomic mass is 9.98. The number of β-lactam (4-membered cyclic amide) rings is 1. The van der Waals surface area contributed by atoms with Crippen molar-refractivity contribution in [3.8, 4) is 0 Å². The Morgan fingerprint density at radius 3 is 2.60 bits per heavy atom. The Labute approximate surface area is 234 Å². The number of hydrogen-bond donors (Lipinski definition) is 3. The maximum Gasteiger partial charge on any atom is 0.362 e. The largest absolute Gasteiger partial charge is 0.381 e. The summed E-state index contributed by atoms with van der Waals surface area (Å²) in [7, 11) is -2.82. The number of anilines is 1. The van der Waals surface area contributed by atoms with Crippen molar-refractivity contribution in [2.24, 2.45) is 5.16 Å². The number of Topliss-reactive ketones (excluding diaryl/α,β-unsaturated/α-hetero) is 1. The van der Waals surface area contributed by atoms with E-state index in [0.29, 0.717) is 12.2 Å². The van der Waals surface area contributed by atoms with E-state index in [1.54, 1.807) is 6.20 Å². The van der Waals surface area contributed by atoms with E-state index in [0.717, 1.165) is 41.8 Å². The Morgan fingerprint density at radius 1 is 1.35 bits per heavy atom. The minimum absolute atomic E-state index is 0.0197. The molecule has 2 aliphatic heterocycles. The van der Waals surface area contributed by atoms with Crippen LogP contribution in [-0.2, 0) is 42.6 Å². The second-order valence-corrected chi connectivity index (χ2v) is 12.8. The van der Waals surface area contributed by atoms with Crippen LogP contribution >= 0.6 is 11.3 Å². The monoisotopic (exact) mass is 598 g/mol. The summed E-state index contributed by atoms with van der Waals surface area (Å²) in [5.74, 6) is -2.37. The van der Waals surface area contributed by atoms with Gasteiger partial charge < -0.3 is 20.4 Å². The second-order valence-electron chi connectivity index (χ2n) is 10.6. The molecule has 2 fully saturated rings. The van der Waals surface area contributed by atoms with E-state index in [-0.39, 0.29) is 33.2 Å². The molecule has 0 aromatic carbocycles. The van der Waals surface area contributed by atoms with E-state index in [1.807, 2.05) is 0 Å². The van der Waals surface area contributed by atoms with E-state index >= 15 is 0 Å². The van der Waals surface area contributed by atoms with Gasteiger partial charge in [-0.15, -0.1) is 11.3 Å². The Bertz CT molecular complexity index is 1440. The zero-order valence-electron chi connectivity index (χ0n) is 22.5. The number of nitrogen functional groups attached to an aromatic ring is 1. The summed E-state index contributed by atoms with van der Waals surface area (Å²) >= 11 is 1.02. The first kappa shape index (κ1) is 29.5. The van der Waals surface area contributed by atoms with E-state index in [4.69, 9.17) is 10.6 Å². The molecule has 2 aromatic heterocycles. The molecule has 4 heterocycles. The highest BCUT2D eigenvalue weighted by molar-refractivity contribution is 7.84.